The molecule has 0 spiro atoms. The van der Waals surface area contributed by atoms with Gasteiger partial charge in [0.05, 0.1) is 0 Å². The SMILES string of the molecule is Cc1cc(Oc2cc(F)ccc2F)nc(Cl)n1. The first-order valence-electron chi connectivity index (χ1n) is 4.69. The summed E-state index contributed by atoms with van der Waals surface area (Å²) < 4.78 is 31.3. The van der Waals surface area contributed by atoms with Crippen LogP contribution in [0.5, 0.6) is 11.6 Å². The van der Waals surface area contributed by atoms with E-state index in [1.807, 2.05) is 0 Å². The maximum absolute atomic E-state index is 13.3. The predicted octanol–water partition coefficient (Wildman–Crippen LogP) is 3.51. The van der Waals surface area contributed by atoms with Crippen LogP contribution >= 0.6 is 11.6 Å². The number of halogens is 3. The van der Waals surface area contributed by atoms with Crippen LogP contribution < -0.4 is 4.74 Å². The van der Waals surface area contributed by atoms with Crippen LogP contribution in [0.15, 0.2) is 24.3 Å². The average Bonchev–Trinajstić information content (AvgIpc) is 2.22. The van der Waals surface area contributed by atoms with Gasteiger partial charge in [-0.25, -0.2) is 13.8 Å². The van der Waals surface area contributed by atoms with Crippen molar-refractivity contribution in [2.45, 2.75) is 6.92 Å². The minimum atomic E-state index is -0.682. The van der Waals surface area contributed by atoms with Crippen molar-refractivity contribution in [3.8, 4) is 11.6 Å². The molecule has 0 aliphatic rings. The number of hydrogen-bond acceptors (Lipinski definition) is 3. The van der Waals surface area contributed by atoms with Gasteiger partial charge in [-0.05, 0) is 30.7 Å². The van der Waals surface area contributed by atoms with Crippen molar-refractivity contribution in [3.63, 3.8) is 0 Å². The van der Waals surface area contributed by atoms with E-state index in [1.165, 1.54) is 6.07 Å². The first-order valence-corrected chi connectivity index (χ1v) is 5.06. The van der Waals surface area contributed by atoms with Gasteiger partial charge in [0.1, 0.15) is 5.82 Å². The molecule has 0 radical (unpaired) electrons. The first kappa shape index (κ1) is 11.7. The number of aromatic nitrogens is 2. The molecule has 6 heteroatoms. The number of rotatable bonds is 2. The second kappa shape index (κ2) is 4.63. The summed E-state index contributed by atoms with van der Waals surface area (Å²) in [4.78, 5) is 7.57. The van der Waals surface area contributed by atoms with Crippen LogP contribution in [-0.4, -0.2) is 9.97 Å². The lowest BCUT2D eigenvalue weighted by molar-refractivity contribution is 0.421. The summed E-state index contributed by atoms with van der Waals surface area (Å²) in [7, 11) is 0. The summed E-state index contributed by atoms with van der Waals surface area (Å²) >= 11 is 5.62. The Balaban J connectivity index is 2.34. The van der Waals surface area contributed by atoms with E-state index in [4.69, 9.17) is 16.3 Å². The van der Waals surface area contributed by atoms with Crippen LogP contribution in [0.25, 0.3) is 0 Å². The molecule has 1 aromatic carbocycles. The minimum Gasteiger partial charge on any atom is -0.436 e. The summed E-state index contributed by atoms with van der Waals surface area (Å²) in [6.07, 6.45) is 0. The van der Waals surface area contributed by atoms with Crippen molar-refractivity contribution >= 4 is 11.6 Å². The molecule has 0 unspecified atom stereocenters. The van der Waals surface area contributed by atoms with Gasteiger partial charge in [0.15, 0.2) is 11.6 Å². The lowest BCUT2D eigenvalue weighted by Crippen LogP contribution is -1.94. The van der Waals surface area contributed by atoms with Gasteiger partial charge in [0, 0.05) is 17.8 Å². The molecule has 0 fully saturated rings. The van der Waals surface area contributed by atoms with Gasteiger partial charge >= 0.3 is 0 Å². The Kier molecular flexibility index (Phi) is 3.19. The van der Waals surface area contributed by atoms with Crippen LogP contribution in [0, 0.1) is 18.6 Å². The van der Waals surface area contributed by atoms with Crippen molar-refractivity contribution in [1.29, 1.82) is 0 Å². The van der Waals surface area contributed by atoms with Crippen LogP contribution in [0.3, 0.4) is 0 Å². The molecular formula is C11H7ClF2N2O. The third kappa shape index (κ3) is 2.88. The highest BCUT2D eigenvalue weighted by atomic mass is 35.5. The Morgan fingerprint density at radius 2 is 1.94 bits per heavy atom. The minimum absolute atomic E-state index is 0.0168. The number of benzene rings is 1. The smallest absolute Gasteiger partial charge is 0.225 e. The Labute approximate surface area is 101 Å². The second-order valence-electron chi connectivity index (χ2n) is 3.29. The molecule has 0 aliphatic heterocycles. The van der Waals surface area contributed by atoms with Crippen molar-refractivity contribution in [2.75, 3.05) is 0 Å². The molecule has 0 saturated carbocycles. The summed E-state index contributed by atoms with van der Waals surface area (Å²) in [5.41, 5.74) is 0.566. The molecule has 88 valence electrons. The molecule has 1 aromatic heterocycles. The average molecular weight is 257 g/mol. The van der Waals surface area contributed by atoms with Gasteiger partial charge in [0.2, 0.25) is 11.2 Å². The monoisotopic (exact) mass is 256 g/mol. The van der Waals surface area contributed by atoms with Crippen molar-refractivity contribution in [2.24, 2.45) is 0 Å². The van der Waals surface area contributed by atoms with Gasteiger partial charge < -0.3 is 4.74 Å². The lowest BCUT2D eigenvalue weighted by atomic mass is 10.3. The Morgan fingerprint density at radius 3 is 2.65 bits per heavy atom. The highest BCUT2D eigenvalue weighted by molar-refractivity contribution is 6.28. The maximum Gasteiger partial charge on any atom is 0.225 e. The summed E-state index contributed by atoms with van der Waals surface area (Å²) in [6, 6.07) is 4.37. The van der Waals surface area contributed by atoms with Gasteiger partial charge in [-0.2, -0.15) is 4.98 Å². The molecule has 0 atom stereocenters. The highest BCUT2D eigenvalue weighted by Crippen LogP contribution is 2.24. The Bertz CT molecular complexity index is 543. The molecular weight excluding hydrogens is 250 g/mol. The van der Waals surface area contributed by atoms with E-state index >= 15 is 0 Å². The topological polar surface area (TPSA) is 35.0 Å². The molecule has 0 saturated heterocycles. The molecule has 0 bridgehead atoms. The summed E-state index contributed by atoms with van der Waals surface area (Å²) in [5, 5.41) is -0.0168. The molecule has 17 heavy (non-hydrogen) atoms. The van der Waals surface area contributed by atoms with Crippen molar-refractivity contribution < 1.29 is 13.5 Å². The van der Waals surface area contributed by atoms with Crippen LogP contribution in [-0.2, 0) is 0 Å². The number of aryl methyl sites for hydroxylation is 1. The van der Waals surface area contributed by atoms with Gasteiger partial charge in [0.25, 0.3) is 0 Å². The number of nitrogens with zero attached hydrogens (tertiary/aromatic N) is 2. The molecule has 2 aromatic rings. The lowest BCUT2D eigenvalue weighted by Gasteiger charge is -2.06. The van der Waals surface area contributed by atoms with E-state index in [9.17, 15) is 8.78 Å². The molecule has 2 rings (SSSR count). The summed E-state index contributed by atoms with van der Waals surface area (Å²) in [5.74, 6) is -1.47. The van der Waals surface area contributed by atoms with Crippen molar-refractivity contribution in [1.82, 2.24) is 9.97 Å². The number of hydrogen-bond donors (Lipinski definition) is 0. The van der Waals surface area contributed by atoms with E-state index in [1.54, 1.807) is 6.92 Å². The first-order chi connectivity index (χ1) is 8.04. The summed E-state index contributed by atoms with van der Waals surface area (Å²) in [6.45, 7) is 1.68. The Hall–Kier alpha value is -1.75. The largest absolute Gasteiger partial charge is 0.436 e. The fraction of sp³-hybridized carbons (Fsp3) is 0.0909. The predicted molar refractivity (Wildman–Crippen MR) is 58.2 cm³/mol. The van der Waals surface area contributed by atoms with E-state index in [2.05, 4.69) is 9.97 Å². The van der Waals surface area contributed by atoms with Crippen LogP contribution in [0.2, 0.25) is 5.28 Å². The third-order valence-electron chi connectivity index (χ3n) is 1.91. The third-order valence-corrected chi connectivity index (χ3v) is 2.08. The Morgan fingerprint density at radius 1 is 1.18 bits per heavy atom. The molecule has 1 heterocycles. The van der Waals surface area contributed by atoms with Gasteiger partial charge in [-0.1, -0.05) is 0 Å². The fourth-order valence-electron chi connectivity index (χ4n) is 1.23. The standard InChI is InChI=1S/C11H7ClF2N2O/c1-6-4-10(16-11(12)15-6)17-9-5-7(13)2-3-8(9)14/h2-5H,1H3. The zero-order chi connectivity index (χ0) is 12.4. The highest BCUT2D eigenvalue weighted by Gasteiger charge is 2.08. The molecule has 0 aliphatic carbocycles. The van der Waals surface area contributed by atoms with Crippen molar-refractivity contribution in [3.05, 3.63) is 46.9 Å². The van der Waals surface area contributed by atoms with E-state index in [-0.39, 0.29) is 16.9 Å². The van der Waals surface area contributed by atoms with Gasteiger partial charge in [-0.3, -0.25) is 0 Å². The molecule has 0 N–H and O–H groups in total. The molecule has 3 nitrogen and oxygen atoms in total. The quantitative estimate of drug-likeness (QED) is 0.771. The zero-order valence-corrected chi connectivity index (χ0v) is 9.50. The molecule has 0 amide bonds. The fourth-order valence-corrected chi connectivity index (χ4v) is 1.44. The van der Waals surface area contributed by atoms with Gasteiger partial charge in [-0.15, -0.1) is 0 Å². The van der Waals surface area contributed by atoms with E-state index in [0.717, 1.165) is 18.2 Å². The zero-order valence-electron chi connectivity index (χ0n) is 8.75. The second-order valence-corrected chi connectivity index (χ2v) is 3.63. The van der Waals surface area contributed by atoms with Crippen LogP contribution in [0.1, 0.15) is 5.69 Å². The number of ether oxygens (including phenoxy) is 1. The maximum atomic E-state index is 13.3. The van der Waals surface area contributed by atoms with E-state index < -0.39 is 11.6 Å². The van der Waals surface area contributed by atoms with E-state index in [0.29, 0.717) is 5.69 Å². The van der Waals surface area contributed by atoms with Crippen LogP contribution in [0.4, 0.5) is 8.78 Å². The normalized spacial score (nSPS) is 10.4.